The Labute approximate surface area is 275 Å². The number of hydrogen-bond acceptors (Lipinski definition) is 9. The predicted molar refractivity (Wildman–Crippen MR) is 178 cm³/mol. The summed E-state index contributed by atoms with van der Waals surface area (Å²) in [5.74, 6) is -2.19. The van der Waals surface area contributed by atoms with Crippen LogP contribution in [0.25, 0.3) is 0 Å². The third-order valence-corrected chi connectivity index (χ3v) is 9.17. The van der Waals surface area contributed by atoms with Gasteiger partial charge in [-0.05, 0) is 56.5 Å². The number of nitro groups is 1. The van der Waals surface area contributed by atoms with E-state index in [0.717, 1.165) is 32.5 Å². The predicted octanol–water partition coefficient (Wildman–Crippen LogP) is 5.64. The first-order chi connectivity index (χ1) is 22.7. The van der Waals surface area contributed by atoms with Gasteiger partial charge < -0.3 is 24.4 Å². The van der Waals surface area contributed by atoms with Gasteiger partial charge in [0.15, 0.2) is 0 Å². The molecule has 47 heavy (non-hydrogen) atoms. The summed E-state index contributed by atoms with van der Waals surface area (Å²) in [5, 5.41) is 14.6. The van der Waals surface area contributed by atoms with Crippen LogP contribution in [0, 0.1) is 10.1 Å². The SMILES string of the molecule is COC(=O)C1=C(C)NC(C)=C(C(=O)OCCOCCN2CCC(c3ccccc3)(c3ccccc3)CC2)C1c1cccc([N+](=O)[O-])c1. The molecule has 0 aromatic heterocycles. The molecule has 1 saturated heterocycles. The first-order valence-electron chi connectivity index (χ1n) is 15.8. The van der Waals surface area contributed by atoms with Crippen LogP contribution in [0.15, 0.2) is 107 Å². The van der Waals surface area contributed by atoms with E-state index in [1.165, 1.54) is 36.4 Å². The number of nitro benzene ring substituents is 1. The monoisotopic (exact) mass is 639 g/mol. The van der Waals surface area contributed by atoms with Crippen LogP contribution in [0.4, 0.5) is 5.69 Å². The van der Waals surface area contributed by atoms with Gasteiger partial charge in [0.2, 0.25) is 0 Å². The Bertz CT molecular complexity index is 1600. The summed E-state index contributed by atoms with van der Waals surface area (Å²) in [5.41, 5.74) is 4.29. The third-order valence-electron chi connectivity index (χ3n) is 9.17. The molecule has 0 aliphatic carbocycles. The van der Waals surface area contributed by atoms with Crippen molar-refractivity contribution in [2.75, 3.05) is 46.6 Å². The molecule has 3 aromatic rings. The van der Waals surface area contributed by atoms with Crippen LogP contribution in [0.5, 0.6) is 0 Å². The number of likely N-dealkylation sites (tertiary alicyclic amines) is 1. The number of allylic oxidation sites excluding steroid dienone is 2. The van der Waals surface area contributed by atoms with Crippen molar-refractivity contribution in [1.82, 2.24) is 10.2 Å². The van der Waals surface area contributed by atoms with Crippen molar-refractivity contribution in [2.24, 2.45) is 0 Å². The van der Waals surface area contributed by atoms with E-state index >= 15 is 0 Å². The Kier molecular flexibility index (Phi) is 10.8. The number of methoxy groups -OCH3 is 1. The zero-order valence-electron chi connectivity index (χ0n) is 27.1. The minimum atomic E-state index is -0.907. The van der Waals surface area contributed by atoms with Crippen LogP contribution >= 0.6 is 0 Å². The van der Waals surface area contributed by atoms with Crippen molar-refractivity contribution in [3.8, 4) is 0 Å². The summed E-state index contributed by atoms with van der Waals surface area (Å²) in [6, 6.07) is 27.4. The first kappa shape index (κ1) is 33.6. The summed E-state index contributed by atoms with van der Waals surface area (Å²) >= 11 is 0. The second-order valence-corrected chi connectivity index (χ2v) is 11.9. The molecule has 2 heterocycles. The van der Waals surface area contributed by atoms with Crippen molar-refractivity contribution in [1.29, 1.82) is 0 Å². The molecule has 0 saturated carbocycles. The maximum absolute atomic E-state index is 13.5. The molecule has 246 valence electrons. The Morgan fingerprint density at radius 2 is 1.45 bits per heavy atom. The minimum Gasteiger partial charge on any atom is -0.466 e. The molecule has 1 fully saturated rings. The van der Waals surface area contributed by atoms with E-state index in [1.54, 1.807) is 19.9 Å². The number of nitrogens with zero attached hydrogens (tertiary/aromatic N) is 2. The number of esters is 2. The number of ether oxygens (including phenoxy) is 3. The van der Waals surface area contributed by atoms with E-state index in [4.69, 9.17) is 14.2 Å². The highest BCUT2D eigenvalue weighted by molar-refractivity contribution is 5.99. The number of hydrogen-bond donors (Lipinski definition) is 1. The summed E-state index contributed by atoms with van der Waals surface area (Å²) in [4.78, 5) is 39.7. The maximum atomic E-state index is 13.5. The average molecular weight is 640 g/mol. The number of rotatable bonds is 12. The smallest absolute Gasteiger partial charge is 0.336 e. The summed E-state index contributed by atoms with van der Waals surface area (Å²) in [6.45, 7) is 6.77. The summed E-state index contributed by atoms with van der Waals surface area (Å²) in [6.07, 6.45) is 2.02. The molecule has 0 spiro atoms. The molecule has 2 aliphatic rings. The third kappa shape index (κ3) is 7.45. The average Bonchev–Trinajstić information content (AvgIpc) is 3.10. The zero-order valence-corrected chi connectivity index (χ0v) is 27.1. The van der Waals surface area contributed by atoms with E-state index in [2.05, 4.69) is 70.9 Å². The quantitative estimate of drug-likeness (QED) is 0.116. The standard InChI is InChI=1S/C37H41N3O7/c1-26-32(35(41)45-3)34(28-11-10-16-31(25-28)40(43)44)33(27(2)38-26)36(42)47-24-23-46-22-21-39-19-17-37(18-20-39,29-12-6-4-7-13-29)30-14-8-5-9-15-30/h4-16,25,34,38H,17-24H2,1-3H3. The molecule has 1 unspecified atom stereocenters. The number of piperidine rings is 1. The number of non-ortho nitro benzene ring substituents is 1. The van der Waals surface area contributed by atoms with Crippen molar-refractivity contribution >= 4 is 17.6 Å². The van der Waals surface area contributed by atoms with Gasteiger partial charge in [-0.1, -0.05) is 72.8 Å². The fourth-order valence-electron chi connectivity index (χ4n) is 6.78. The van der Waals surface area contributed by atoms with E-state index in [9.17, 15) is 19.7 Å². The maximum Gasteiger partial charge on any atom is 0.336 e. The van der Waals surface area contributed by atoms with Crippen molar-refractivity contribution in [3.05, 3.63) is 134 Å². The highest BCUT2D eigenvalue weighted by atomic mass is 16.6. The molecule has 1 atom stereocenters. The fraction of sp³-hybridized carbons (Fsp3) is 0.351. The molecular formula is C37H41N3O7. The fourth-order valence-corrected chi connectivity index (χ4v) is 6.78. The van der Waals surface area contributed by atoms with Crippen molar-refractivity contribution in [2.45, 2.75) is 38.0 Å². The lowest BCUT2D eigenvalue weighted by Gasteiger charge is -2.43. The van der Waals surface area contributed by atoms with Crippen LogP contribution in [0.3, 0.4) is 0 Å². The van der Waals surface area contributed by atoms with Crippen LogP contribution < -0.4 is 5.32 Å². The Morgan fingerprint density at radius 3 is 2.02 bits per heavy atom. The first-order valence-corrected chi connectivity index (χ1v) is 15.8. The molecule has 5 rings (SSSR count). The van der Waals surface area contributed by atoms with Gasteiger partial charge in [0, 0.05) is 35.5 Å². The number of carbonyl (C=O) groups excluding carboxylic acids is 2. The molecule has 1 N–H and O–H groups in total. The van der Waals surface area contributed by atoms with Gasteiger partial charge in [-0.2, -0.15) is 0 Å². The van der Waals surface area contributed by atoms with Crippen LogP contribution in [0.2, 0.25) is 0 Å². The van der Waals surface area contributed by atoms with Gasteiger partial charge in [0.1, 0.15) is 6.61 Å². The molecule has 10 nitrogen and oxygen atoms in total. The van der Waals surface area contributed by atoms with E-state index in [-0.39, 0.29) is 35.5 Å². The minimum absolute atomic E-state index is 0.0125. The van der Waals surface area contributed by atoms with Gasteiger partial charge in [0.05, 0.1) is 42.3 Å². The van der Waals surface area contributed by atoms with Gasteiger partial charge >= 0.3 is 11.9 Å². The largest absolute Gasteiger partial charge is 0.466 e. The van der Waals surface area contributed by atoms with E-state index < -0.39 is 22.8 Å². The Balaban J connectivity index is 1.16. The van der Waals surface area contributed by atoms with Crippen LogP contribution in [0.1, 0.15) is 49.3 Å². The molecule has 10 heteroatoms. The molecule has 2 aliphatic heterocycles. The molecule has 0 amide bonds. The van der Waals surface area contributed by atoms with E-state index in [1.807, 2.05) is 0 Å². The highest BCUT2D eigenvalue weighted by Crippen LogP contribution is 2.42. The zero-order chi connectivity index (χ0) is 33.4. The lowest BCUT2D eigenvalue weighted by atomic mass is 9.68. The normalized spacial score (nSPS) is 18.0. The molecule has 0 bridgehead atoms. The number of benzene rings is 3. The summed E-state index contributed by atoms with van der Waals surface area (Å²) in [7, 11) is 1.25. The Morgan fingerprint density at radius 1 is 0.851 bits per heavy atom. The van der Waals surface area contributed by atoms with Crippen LogP contribution in [-0.4, -0.2) is 68.3 Å². The van der Waals surface area contributed by atoms with Crippen LogP contribution in [-0.2, 0) is 29.2 Å². The Hall–Kier alpha value is -4.80. The molecule has 0 radical (unpaired) electrons. The second-order valence-electron chi connectivity index (χ2n) is 11.9. The van der Waals surface area contributed by atoms with Crippen molar-refractivity contribution < 1.29 is 28.7 Å². The molecule has 3 aromatic carbocycles. The lowest BCUT2D eigenvalue weighted by molar-refractivity contribution is -0.384. The van der Waals surface area contributed by atoms with Gasteiger partial charge in [-0.3, -0.25) is 10.1 Å². The highest BCUT2D eigenvalue weighted by Gasteiger charge is 2.39. The van der Waals surface area contributed by atoms with Gasteiger partial charge in [-0.25, -0.2) is 9.59 Å². The number of dihydropyridines is 1. The number of nitrogens with one attached hydrogen (secondary N) is 1. The van der Waals surface area contributed by atoms with Crippen molar-refractivity contribution in [3.63, 3.8) is 0 Å². The van der Waals surface area contributed by atoms with Gasteiger partial charge in [0.25, 0.3) is 5.69 Å². The molecular weight excluding hydrogens is 598 g/mol. The van der Waals surface area contributed by atoms with Gasteiger partial charge in [-0.15, -0.1) is 0 Å². The topological polar surface area (TPSA) is 120 Å². The second kappa shape index (κ2) is 15.2. The summed E-state index contributed by atoms with van der Waals surface area (Å²) < 4.78 is 16.5. The lowest BCUT2D eigenvalue weighted by Crippen LogP contribution is -2.44. The van der Waals surface area contributed by atoms with E-state index in [0.29, 0.717) is 23.6 Å². The number of carbonyl (C=O) groups is 2.